The number of aromatic nitrogens is 3. The van der Waals surface area contributed by atoms with E-state index >= 15 is 0 Å². The molecule has 1 aliphatic heterocycles. The Bertz CT molecular complexity index is 1090. The number of ether oxygens (including phenoxy) is 1. The van der Waals surface area contributed by atoms with Crippen LogP contribution < -0.4 is 10.1 Å². The molecule has 4 rings (SSSR count). The van der Waals surface area contributed by atoms with E-state index in [-0.39, 0.29) is 5.91 Å². The minimum atomic E-state index is 0.157. The monoisotopic (exact) mass is 465 g/mol. The number of nitrogens with zero attached hydrogens (tertiary/aromatic N) is 4. The summed E-state index contributed by atoms with van der Waals surface area (Å²) in [6, 6.07) is 14.1. The maximum atomic E-state index is 12.7. The number of thioether (sulfide) groups is 1. The molecule has 2 aromatic carbocycles. The van der Waals surface area contributed by atoms with Gasteiger partial charge in [0, 0.05) is 18.8 Å². The summed E-state index contributed by atoms with van der Waals surface area (Å²) in [5.41, 5.74) is 4.32. The third-order valence-electron chi connectivity index (χ3n) is 5.96. The van der Waals surface area contributed by atoms with Crippen LogP contribution in [-0.2, 0) is 11.3 Å². The van der Waals surface area contributed by atoms with Gasteiger partial charge >= 0.3 is 0 Å². The van der Waals surface area contributed by atoms with Gasteiger partial charge in [-0.2, -0.15) is 0 Å². The van der Waals surface area contributed by atoms with E-state index in [9.17, 15) is 4.79 Å². The summed E-state index contributed by atoms with van der Waals surface area (Å²) in [5, 5.41) is 13.1. The zero-order valence-electron chi connectivity index (χ0n) is 19.5. The van der Waals surface area contributed by atoms with Crippen LogP contribution in [0.2, 0.25) is 0 Å². The second kappa shape index (κ2) is 10.7. The van der Waals surface area contributed by atoms with Gasteiger partial charge in [0.05, 0.1) is 25.1 Å². The lowest BCUT2D eigenvalue weighted by Crippen LogP contribution is -2.36. The smallest absolute Gasteiger partial charge is 0.233 e. The molecule has 174 valence electrons. The fourth-order valence-electron chi connectivity index (χ4n) is 4.19. The molecule has 1 fully saturated rings. The number of nitrogens with one attached hydrogen (secondary N) is 1. The van der Waals surface area contributed by atoms with E-state index in [4.69, 9.17) is 4.74 Å². The van der Waals surface area contributed by atoms with Gasteiger partial charge in [-0.1, -0.05) is 42.1 Å². The highest BCUT2D eigenvalue weighted by Gasteiger charge is 2.21. The molecule has 1 aliphatic rings. The summed E-state index contributed by atoms with van der Waals surface area (Å²) in [6.07, 6.45) is 3.37. The summed E-state index contributed by atoms with van der Waals surface area (Å²) in [7, 11) is 1.66. The minimum Gasteiger partial charge on any atom is -0.495 e. The number of likely N-dealkylation sites (tertiary alicyclic amines) is 1. The number of para-hydroxylation sites is 3. The van der Waals surface area contributed by atoms with Crippen molar-refractivity contribution in [3.05, 3.63) is 59.4 Å². The van der Waals surface area contributed by atoms with Crippen molar-refractivity contribution in [3.63, 3.8) is 0 Å². The Morgan fingerprint density at radius 1 is 1.03 bits per heavy atom. The Hall–Kier alpha value is -3.00. The number of hydrogen-bond acceptors (Lipinski definition) is 6. The fraction of sp³-hybridized carbons (Fsp3) is 0.400. The van der Waals surface area contributed by atoms with Gasteiger partial charge in [0.1, 0.15) is 5.75 Å². The van der Waals surface area contributed by atoms with Gasteiger partial charge in [-0.05, 0) is 56.4 Å². The number of rotatable bonds is 8. The van der Waals surface area contributed by atoms with Crippen LogP contribution in [0.15, 0.2) is 47.6 Å². The van der Waals surface area contributed by atoms with Gasteiger partial charge in [0.15, 0.2) is 11.0 Å². The van der Waals surface area contributed by atoms with E-state index < -0.39 is 0 Å². The Labute approximate surface area is 199 Å². The molecule has 0 bridgehead atoms. The normalized spacial score (nSPS) is 13.7. The number of aryl methyl sites for hydroxylation is 2. The van der Waals surface area contributed by atoms with Crippen molar-refractivity contribution in [2.75, 3.05) is 31.3 Å². The predicted molar refractivity (Wildman–Crippen MR) is 132 cm³/mol. The molecule has 0 saturated carbocycles. The molecular weight excluding hydrogens is 434 g/mol. The Morgan fingerprint density at radius 3 is 2.48 bits per heavy atom. The number of methoxy groups -OCH3 is 1. The van der Waals surface area contributed by atoms with Gasteiger partial charge in [0.25, 0.3) is 0 Å². The van der Waals surface area contributed by atoms with Crippen molar-refractivity contribution in [2.24, 2.45) is 0 Å². The maximum absolute atomic E-state index is 12.7. The topological polar surface area (TPSA) is 72.3 Å². The molecule has 1 N–H and O–H groups in total. The van der Waals surface area contributed by atoms with Crippen LogP contribution >= 0.6 is 11.8 Å². The number of piperidine rings is 1. The summed E-state index contributed by atoms with van der Waals surface area (Å²) >= 11 is 1.43. The average Bonchev–Trinajstić information content (AvgIpc) is 3.25. The number of hydrogen-bond donors (Lipinski definition) is 1. The van der Waals surface area contributed by atoms with Crippen LogP contribution in [0.25, 0.3) is 5.69 Å². The van der Waals surface area contributed by atoms with Crippen LogP contribution in [0.1, 0.15) is 36.2 Å². The lowest BCUT2D eigenvalue weighted by atomic mass is 10.1. The first-order valence-electron chi connectivity index (χ1n) is 11.4. The molecule has 0 atom stereocenters. The van der Waals surface area contributed by atoms with Gasteiger partial charge in [0.2, 0.25) is 5.91 Å². The molecule has 1 aromatic heterocycles. The highest BCUT2D eigenvalue weighted by Crippen LogP contribution is 2.30. The lowest BCUT2D eigenvalue weighted by Gasteiger charge is -2.26. The molecule has 2 heterocycles. The van der Waals surface area contributed by atoms with E-state index in [1.54, 1.807) is 7.11 Å². The second-order valence-corrected chi connectivity index (χ2v) is 9.20. The Kier molecular flexibility index (Phi) is 7.54. The number of carbonyl (C=O) groups excluding carboxylic acids is 1. The van der Waals surface area contributed by atoms with E-state index in [0.29, 0.717) is 17.5 Å². The molecule has 0 spiro atoms. The summed E-state index contributed by atoms with van der Waals surface area (Å²) in [6.45, 7) is 6.38. The van der Waals surface area contributed by atoms with Gasteiger partial charge in [-0.25, -0.2) is 0 Å². The number of benzene rings is 2. The molecule has 0 radical (unpaired) electrons. The van der Waals surface area contributed by atoms with Gasteiger partial charge in [-0.15, -0.1) is 10.2 Å². The first kappa shape index (κ1) is 23.2. The quantitative estimate of drug-likeness (QED) is 0.490. The van der Waals surface area contributed by atoms with Crippen LogP contribution in [0.3, 0.4) is 0 Å². The number of amides is 1. The molecule has 8 heteroatoms. The van der Waals surface area contributed by atoms with E-state index in [2.05, 4.69) is 47.6 Å². The molecule has 0 aliphatic carbocycles. The van der Waals surface area contributed by atoms with Crippen molar-refractivity contribution >= 4 is 23.4 Å². The molecule has 0 unspecified atom stereocenters. The van der Waals surface area contributed by atoms with Gasteiger partial charge < -0.3 is 15.0 Å². The zero-order valence-corrected chi connectivity index (χ0v) is 20.3. The standard InChI is InChI=1S/C25H31N5O2S/c1-18-10-9-11-19(2)24(18)26-16-22-27-28-25(30(22)20-12-5-6-13-21(20)32-3)33-17-23(31)29-14-7-4-8-15-29/h5-6,9-13,26H,4,7-8,14-17H2,1-3H3. The fourth-order valence-corrected chi connectivity index (χ4v) is 5.05. The maximum Gasteiger partial charge on any atom is 0.233 e. The number of anilines is 1. The van der Waals surface area contributed by atoms with E-state index in [1.807, 2.05) is 33.7 Å². The van der Waals surface area contributed by atoms with Crippen LogP contribution in [0.4, 0.5) is 5.69 Å². The van der Waals surface area contributed by atoms with Crippen LogP contribution in [0.5, 0.6) is 5.75 Å². The molecule has 33 heavy (non-hydrogen) atoms. The predicted octanol–water partition coefficient (Wildman–Crippen LogP) is 4.61. The third kappa shape index (κ3) is 5.33. The van der Waals surface area contributed by atoms with Crippen LogP contribution in [-0.4, -0.2) is 51.5 Å². The zero-order chi connectivity index (χ0) is 23.2. The summed E-state index contributed by atoms with van der Waals surface area (Å²) in [5.74, 6) is 1.99. The van der Waals surface area contributed by atoms with E-state index in [0.717, 1.165) is 48.9 Å². The first-order valence-corrected chi connectivity index (χ1v) is 12.4. The van der Waals surface area contributed by atoms with Crippen molar-refractivity contribution < 1.29 is 9.53 Å². The second-order valence-electron chi connectivity index (χ2n) is 8.26. The van der Waals surface area contributed by atoms with Crippen molar-refractivity contribution in [1.29, 1.82) is 0 Å². The molecular formula is C25H31N5O2S. The molecule has 1 saturated heterocycles. The SMILES string of the molecule is COc1ccccc1-n1c(CNc2c(C)cccc2C)nnc1SCC(=O)N1CCCCC1. The highest BCUT2D eigenvalue weighted by atomic mass is 32.2. The Morgan fingerprint density at radius 2 is 1.76 bits per heavy atom. The summed E-state index contributed by atoms with van der Waals surface area (Å²) in [4.78, 5) is 14.7. The third-order valence-corrected chi connectivity index (χ3v) is 6.88. The minimum absolute atomic E-state index is 0.157. The molecule has 1 amide bonds. The first-order chi connectivity index (χ1) is 16.1. The summed E-state index contributed by atoms with van der Waals surface area (Å²) < 4.78 is 7.61. The molecule has 7 nitrogen and oxygen atoms in total. The van der Waals surface area contributed by atoms with Gasteiger partial charge in [-0.3, -0.25) is 9.36 Å². The van der Waals surface area contributed by atoms with Crippen molar-refractivity contribution in [3.8, 4) is 11.4 Å². The van der Waals surface area contributed by atoms with Crippen LogP contribution in [0, 0.1) is 13.8 Å². The average molecular weight is 466 g/mol. The lowest BCUT2D eigenvalue weighted by molar-refractivity contribution is -0.129. The molecule has 3 aromatic rings. The largest absolute Gasteiger partial charge is 0.495 e. The van der Waals surface area contributed by atoms with Crippen molar-refractivity contribution in [1.82, 2.24) is 19.7 Å². The Balaban J connectivity index is 1.60. The van der Waals surface area contributed by atoms with Crippen molar-refractivity contribution in [2.45, 2.75) is 44.8 Å². The van der Waals surface area contributed by atoms with E-state index in [1.165, 1.54) is 29.3 Å². The number of carbonyl (C=O) groups is 1. The highest BCUT2D eigenvalue weighted by molar-refractivity contribution is 7.99.